The molecule has 0 bridgehead atoms. The topological polar surface area (TPSA) is 24.1 Å². The highest BCUT2D eigenvalue weighted by atomic mass is 32.1. The molecule has 1 rings (SSSR count). The van der Waals surface area contributed by atoms with E-state index >= 15 is 0 Å². The van der Waals surface area contributed by atoms with Crippen molar-refractivity contribution in [2.75, 3.05) is 12.4 Å². The molecule has 0 saturated heterocycles. The minimum Gasteiger partial charge on any atom is -0.366 e. The molecule has 2 N–H and O–H groups in total. The van der Waals surface area contributed by atoms with E-state index in [1.165, 1.54) is 11.1 Å². The van der Waals surface area contributed by atoms with Gasteiger partial charge in [-0.25, -0.2) is 0 Å². The Bertz CT molecular complexity index is 334. The lowest BCUT2D eigenvalue weighted by molar-refractivity contribution is 1.11. The first kappa shape index (κ1) is 11.0. The van der Waals surface area contributed by atoms with E-state index in [0.29, 0.717) is 5.11 Å². The minimum absolute atomic E-state index is 0.647. The van der Waals surface area contributed by atoms with Crippen molar-refractivity contribution in [3.63, 3.8) is 0 Å². The van der Waals surface area contributed by atoms with Crippen LogP contribution < -0.4 is 10.6 Å². The zero-order valence-corrected chi connectivity index (χ0v) is 9.66. The SMILES string of the molecule is CCc1ccc(NC(=S)NC)cc1C. The van der Waals surface area contributed by atoms with Gasteiger partial charge >= 0.3 is 0 Å². The van der Waals surface area contributed by atoms with Crippen LogP contribution in [-0.4, -0.2) is 12.2 Å². The molecular weight excluding hydrogens is 192 g/mol. The summed E-state index contributed by atoms with van der Waals surface area (Å²) in [5, 5.41) is 6.63. The minimum atomic E-state index is 0.647. The Morgan fingerprint density at radius 3 is 2.64 bits per heavy atom. The molecular formula is C11H16N2S. The second-order valence-electron chi connectivity index (χ2n) is 3.20. The molecule has 1 aromatic rings. The van der Waals surface area contributed by atoms with E-state index in [2.05, 4.69) is 42.7 Å². The van der Waals surface area contributed by atoms with E-state index in [1.807, 2.05) is 7.05 Å². The molecule has 0 spiro atoms. The maximum absolute atomic E-state index is 5.02. The van der Waals surface area contributed by atoms with Gasteiger partial charge in [0.05, 0.1) is 0 Å². The monoisotopic (exact) mass is 208 g/mol. The van der Waals surface area contributed by atoms with E-state index in [0.717, 1.165) is 12.1 Å². The smallest absolute Gasteiger partial charge is 0.170 e. The maximum atomic E-state index is 5.02. The van der Waals surface area contributed by atoms with Gasteiger partial charge in [-0.2, -0.15) is 0 Å². The highest BCUT2D eigenvalue weighted by Crippen LogP contribution is 2.15. The van der Waals surface area contributed by atoms with Gasteiger partial charge in [0.15, 0.2) is 5.11 Å². The molecule has 0 aliphatic rings. The van der Waals surface area contributed by atoms with Crippen LogP contribution in [0.3, 0.4) is 0 Å². The Morgan fingerprint density at radius 1 is 1.43 bits per heavy atom. The van der Waals surface area contributed by atoms with Gasteiger partial charge in [0.2, 0.25) is 0 Å². The van der Waals surface area contributed by atoms with Crippen LogP contribution in [0, 0.1) is 6.92 Å². The van der Waals surface area contributed by atoms with E-state index < -0.39 is 0 Å². The van der Waals surface area contributed by atoms with Crippen molar-refractivity contribution < 1.29 is 0 Å². The van der Waals surface area contributed by atoms with Gasteiger partial charge < -0.3 is 10.6 Å². The zero-order chi connectivity index (χ0) is 10.6. The Morgan fingerprint density at radius 2 is 2.14 bits per heavy atom. The van der Waals surface area contributed by atoms with Gasteiger partial charge in [-0.05, 0) is 48.8 Å². The molecule has 0 aliphatic carbocycles. The molecule has 2 nitrogen and oxygen atoms in total. The highest BCUT2D eigenvalue weighted by Gasteiger charge is 1.98. The van der Waals surface area contributed by atoms with Crippen molar-refractivity contribution in [1.29, 1.82) is 0 Å². The number of benzene rings is 1. The maximum Gasteiger partial charge on any atom is 0.170 e. The van der Waals surface area contributed by atoms with Crippen molar-refractivity contribution in [3.05, 3.63) is 29.3 Å². The van der Waals surface area contributed by atoms with Crippen molar-refractivity contribution in [2.24, 2.45) is 0 Å². The van der Waals surface area contributed by atoms with Crippen LogP contribution in [-0.2, 0) is 6.42 Å². The Labute approximate surface area is 90.7 Å². The predicted molar refractivity (Wildman–Crippen MR) is 65.8 cm³/mol. The van der Waals surface area contributed by atoms with E-state index in [1.54, 1.807) is 0 Å². The number of rotatable bonds is 2. The number of nitrogens with one attached hydrogen (secondary N) is 2. The largest absolute Gasteiger partial charge is 0.366 e. The summed E-state index contributed by atoms with van der Waals surface area (Å²) >= 11 is 5.02. The lowest BCUT2D eigenvalue weighted by Gasteiger charge is -2.09. The third kappa shape index (κ3) is 2.70. The van der Waals surface area contributed by atoms with Crippen LogP contribution in [0.25, 0.3) is 0 Å². The molecule has 0 heterocycles. The Balaban J connectivity index is 2.81. The van der Waals surface area contributed by atoms with Crippen molar-refractivity contribution in [3.8, 4) is 0 Å². The summed E-state index contributed by atoms with van der Waals surface area (Å²) in [6.07, 6.45) is 1.07. The molecule has 76 valence electrons. The standard InChI is InChI=1S/C11H16N2S/c1-4-9-5-6-10(7-8(9)2)13-11(14)12-3/h5-7H,4H2,1-3H3,(H2,12,13,14). The van der Waals surface area contributed by atoms with E-state index in [-0.39, 0.29) is 0 Å². The predicted octanol–water partition coefficient (Wildman–Crippen LogP) is 2.47. The molecule has 1 aromatic carbocycles. The second kappa shape index (κ2) is 4.96. The van der Waals surface area contributed by atoms with E-state index in [9.17, 15) is 0 Å². The van der Waals surface area contributed by atoms with E-state index in [4.69, 9.17) is 12.2 Å². The summed E-state index contributed by atoms with van der Waals surface area (Å²) in [7, 11) is 1.81. The molecule has 0 aliphatic heterocycles. The summed E-state index contributed by atoms with van der Waals surface area (Å²) in [6.45, 7) is 4.28. The summed E-state index contributed by atoms with van der Waals surface area (Å²) in [5.41, 5.74) is 3.72. The molecule has 0 amide bonds. The van der Waals surface area contributed by atoms with Crippen LogP contribution in [0.4, 0.5) is 5.69 Å². The third-order valence-corrected chi connectivity index (χ3v) is 2.51. The van der Waals surface area contributed by atoms with Gasteiger partial charge in [0, 0.05) is 12.7 Å². The van der Waals surface area contributed by atoms with Crippen molar-refractivity contribution in [2.45, 2.75) is 20.3 Å². The average molecular weight is 208 g/mol. The van der Waals surface area contributed by atoms with Crippen molar-refractivity contribution >= 4 is 23.0 Å². The van der Waals surface area contributed by atoms with Gasteiger partial charge in [0.25, 0.3) is 0 Å². The number of aryl methyl sites for hydroxylation is 2. The first-order valence-corrected chi connectivity index (χ1v) is 5.16. The molecule has 0 atom stereocenters. The Hall–Kier alpha value is -1.09. The molecule has 0 saturated carbocycles. The molecule has 3 heteroatoms. The molecule has 0 radical (unpaired) electrons. The van der Waals surface area contributed by atoms with Crippen molar-refractivity contribution in [1.82, 2.24) is 5.32 Å². The van der Waals surface area contributed by atoms with Gasteiger partial charge in [-0.15, -0.1) is 0 Å². The van der Waals surface area contributed by atoms with Crippen LogP contribution in [0.1, 0.15) is 18.1 Å². The average Bonchev–Trinajstić information content (AvgIpc) is 2.18. The summed E-state index contributed by atoms with van der Waals surface area (Å²) in [4.78, 5) is 0. The van der Waals surface area contributed by atoms with Crippen LogP contribution in [0.5, 0.6) is 0 Å². The fourth-order valence-electron chi connectivity index (χ4n) is 1.36. The van der Waals surface area contributed by atoms with Crippen LogP contribution in [0.15, 0.2) is 18.2 Å². The lowest BCUT2D eigenvalue weighted by atomic mass is 10.1. The summed E-state index contributed by atoms with van der Waals surface area (Å²) in [6, 6.07) is 6.30. The molecule has 0 fully saturated rings. The molecule has 14 heavy (non-hydrogen) atoms. The normalized spacial score (nSPS) is 9.64. The number of anilines is 1. The van der Waals surface area contributed by atoms with Gasteiger partial charge in [0.1, 0.15) is 0 Å². The first-order valence-electron chi connectivity index (χ1n) is 4.75. The highest BCUT2D eigenvalue weighted by molar-refractivity contribution is 7.80. The van der Waals surface area contributed by atoms with Crippen LogP contribution in [0.2, 0.25) is 0 Å². The number of hydrogen-bond acceptors (Lipinski definition) is 1. The van der Waals surface area contributed by atoms with Crippen LogP contribution >= 0.6 is 12.2 Å². The molecule has 0 aromatic heterocycles. The number of thiocarbonyl (C=S) groups is 1. The third-order valence-electron chi connectivity index (χ3n) is 2.21. The van der Waals surface area contributed by atoms with Gasteiger partial charge in [-0.3, -0.25) is 0 Å². The fraction of sp³-hybridized carbons (Fsp3) is 0.364. The quantitative estimate of drug-likeness (QED) is 0.730. The fourth-order valence-corrected chi connectivity index (χ4v) is 1.48. The second-order valence-corrected chi connectivity index (χ2v) is 3.61. The molecule has 0 unspecified atom stereocenters. The zero-order valence-electron chi connectivity index (χ0n) is 8.85. The first-order chi connectivity index (χ1) is 6.67. The Kier molecular flexibility index (Phi) is 3.89. The summed E-state index contributed by atoms with van der Waals surface area (Å²) in [5.74, 6) is 0. The summed E-state index contributed by atoms with van der Waals surface area (Å²) < 4.78 is 0. The van der Waals surface area contributed by atoms with Gasteiger partial charge in [-0.1, -0.05) is 13.0 Å². The lowest BCUT2D eigenvalue weighted by Crippen LogP contribution is -2.24. The number of hydrogen-bond donors (Lipinski definition) is 2.